The third-order valence-corrected chi connectivity index (χ3v) is 3.88. The van der Waals surface area contributed by atoms with Gasteiger partial charge < -0.3 is 15.0 Å². The van der Waals surface area contributed by atoms with E-state index in [1.54, 1.807) is 4.80 Å². The summed E-state index contributed by atoms with van der Waals surface area (Å²) in [6.45, 7) is 9.04. The molecule has 0 bridgehead atoms. The number of nitrogens with zero attached hydrogens (tertiary/aromatic N) is 4. The van der Waals surface area contributed by atoms with Gasteiger partial charge in [0.1, 0.15) is 5.69 Å². The number of aromatic nitrogens is 3. The van der Waals surface area contributed by atoms with Gasteiger partial charge in [0.05, 0.1) is 32.0 Å². The van der Waals surface area contributed by atoms with Crippen molar-refractivity contribution in [3.05, 3.63) is 35.7 Å². The lowest BCUT2D eigenvalue weighted by Gasteiger charge is -2.29. The first-order chi connectivity index (χ1) is 10.8. The molecule has 1 aliphatic rings. The fourth-order valence-corrected chi connectivity index (χ4v) is 2.59. The Bertz CT molecular complexity index is 619. The Morgan fingerprint density at radius 3 is 2.77 bits per heavy atom. The number of aryl methyl sites for hydroxylation is 2. The summed E-state index contributed by atoms with van der Waals surface area (Å²) in [5, 5.41) is 12.3. The monoisotopic (exact) mass is 301 g/mol. The minimum Gasteiger partial charge on any atom is -0.379 e. The van der Waals surface area contributed by atoms with Gasteiger partial charge in [-0.15, -0.1) is 0 Å². The van der Waals surface area contributed by atoms with Gasteiger partial charge in [-0.2, -0.15) is 15.0 Å². The molecule has 118 valence electrons. The Balaban J connectivity index is 1.66. The zero-order valence-corrected chi connectivity index (χ0v) is 13.2. The average molecular weight is 301 g/mol. The lowest BCUT2D eigenvalue weighted by atomic mass is 10.2. The zero-order valence-electron chi connectivity index (χ0n) is 13.2. The molecule has 6 heteroatoms. The van der Waals surface area contributed by atoms with Crippen molar-refractivity contribution in [3.8, 4) is 0 Å². The number of ether oxygens (including phenoxy) is 1. The maximum Gasteiger partial charge on any atom is 0.105 e. The maximum atomic E-state index is 5.41. The Morgan fingerprint density at radius 2 is 2.05 bits per heavy atom. The molecular weight excluding hydrogens is 278 g/mol. The Hall–Kier alpha value is -2.08. The zero-order chi connectivity index (χ0) is 15.4. The SMILES string of the molecule is CCn1nc(C)c(CNc2cccc(N3CCOCC3)c2)n1. The second-order valence-electron chi connectivity index (χ2n) is 5.42. The van der Waals surface area contributed by atoms with Gasteiger partial charge in [0, 0.05) is 24.5 Å². The summed E-state index contributed by atoms with van der Waals surface area (Å²) in [5.41, 5.74) is 4.33. The highest BCUT2D eigenvalue weighted by Gasteiger charge is 2.11. The summed E-state index contributed by atoms with van der Waals surface area (Å²) >= 11 is 0. The largest absolute Gasteiger partial charge is 0.379 e. The number of hydrogen-bond acceptors (Lipinski definition) is 5. The lowest BCUT2D eigenvalue weighted by Crippen LogP contribution is -2.36. The minimum atomic E-state index is 0.693. The summed E-state index contributed by atoms with van der Waals surface area (Å²) in [6, 6.07) is 8.51. The van der Waals surface area contributed by atoms with Crippen LogP contribution >= 0.6 is 0 Å². The molecule has 0 unspecified atom stereocenters. The standard InChI is InChI=1S/C16H23N5O/c1-3-21-18-13(2)16(19-21)12-17-14-5-4-6-15(11-14)20-7-9-22-10-8-20/h4-6,11,17H,3,7-10,12H2,1-2H3. The fourth-order valence-electron chi connectivity index (χ4n) is 2.59. The Kier molecular flexibility index (Phi) is 4.58. The Morgan fingerprint density at radius 1 is 1.23 bits per heavy atom. The first kappa shape index (κ1) is 14.8. The highest BCUT2D eigenvalue weighted by Crippen LogP contribution is 2.21. The van der Waals surface area contributed by atoms with Crippen molar-refractivity contribution in [2.75, 3.05) is 36.5 Å². The predicted octanol–water partition coefficient (Wildman–Crippen LogP) is 2.06. The average Bonchev–Trinajstić information content (AvgIpc) is 2.94. The first-order valence-corrected chi connectivity index (χ1v) is 7.83. The van der Waals surface area contributed by atoms with Gasteiger partial charge in [-0.1, -0.05) is 6.07 Å². The van der Waals surface area contributed by atoms with Crippen LogP contribution in [0, 0.1) is 6.92 Å². The highest BCUT2D eigenvalue weighted by molar-refractivity contribution is 5.58. The fraction of sp³-hybridized carbons (Fsp3) is 0.500. The van der Waals surface area contributed by atoms with Crippen molar-refractivity contribution in [1.82, 2.24) is 15.0 Å². The number of rotatable bonds is 5. The second kappa shape index (κ2) is 6.79. The van der Waals surface area contributed by atoms with Gasteiger partial charge >= 0.3 is 0 Å². The van der Waals surface area contributed by atoms with Gasteiger partial charge in [-0.3, -0.25) is 0 Å². The van der Waals surface area contributed by atoms with Crippen LogP contribution in [-0.2, 0) is 17.8 Å². The van der Waals surface area contributed by atoms with Crippen molar-refractivity contribution >= 4 is 11.4 Å². The van der Waals surface area contributed by atoms with E-state index >= 15 is 0 Å². The van der Waals surface area contributed by atoms with E-state index in [0.717, 1.165) is 49.9 Å². The van der Waals surface area contributed by atoms with Gasteiger partial charge in [0.25, 0.3) is 0 Å². The molecule has 0 amide bonds. The van der Waals surface area contributed by atoms with E-state index in [9.17, 15) is 0 Å². The molecule has 1 N–H and O–H groups in total. The molecular formula is C16H23N5O. The molecule has 1 aromatic carbocycles. The van der Waals surface area contributed by atoms with E-state index in [1.807, 2.05) is 13.8 Å². The number of benzene rings is 1. The maximum absolute atomic E-state index is 5.41. The molecule has 1 saturated heterocycles. The van der Waals surface area contributed by atoms with Crippen molar-refractivity contribution in [1.29, 1.82) is 0 Å². The molecule has 2 aromatic rings. The topological polar surface area (TPSA) is 55.2 Å². The van der Waals surface area contributed by atoms with Crippen molar-refractivity contribution < 1.29 is 4.74 Å². The van der Waals surface area contributed by atoms with Gasteiger partial charge in [0.15, 0.2) is 0 Å². The van der Waals surface area contributed by atoms with E-state index < -0.39 is 0 Å². The van der Waals surface area contributed by atoms with Crippen LogP contribution in [0.4, 0.5) is 11.4 Å². The van der Waals surface area contributed by atoms with Crippen molar-refractivity contribution in [2.45, 2.75) is 26.9 Å². The van der Waals surface area contributed by atoms with E-state index in [1.165, 1.54) is 5.69 Å². The highest BCUT2D eigenvalue weighted by atomic mass is 16.5. The molecule has 1 aliphatic heterocycles. The molecule has 2 heterocycles. The first-order valence-electron chi connectivity index (χ1n) is 7.83. The lowest BCUT2D eigenvalue weighted by molar-refractivity contribution is 0.122. The van der Waals surface area contributed by atoms with Crippen LogP contribution in [-0.4, -0.2) is 41.3 Å². The number of nitrogens with one attached hydrogen (secondary N) is 1. The van der Waals surface area contributed by atoms with E-state index in [4.69, 9.17) is 4.74 Å². The molecule has 0 spiro atoms. The van der Waals surface area contributed by atoms with Crippen LogP contribution in [0.1, 0.15) is 18.3 Å². The van der Waals surface area contributed by atoms with Gasteiger partial charge in [-0.05, 0) is 32.0 Å². The van der Waals surface area contributed by atoms with Gasteiger partial charge in [-0.25, -0.2) is 0 Å². The van der Waals surface area contributed by atoms with Crippen LogP contribution < -0.4 is 10.2 Å². The molecule has 1 fully saturated rings. The van der Waals surface area contributed by atoms with Crippen LogP contribution in [0.25, 0.3) is 0 Å². The number of anilines is 2. The third kappa shape index (κ3) is 3.39. The third-order valence-electron chi connectivity index (χ3n) is 3.88. The predicted molar refractivity (Wildman–Crippen MR) is 87.2 cm³/mol. The number of morpholine rings is 1. The van der Waals surface area contributed by atoms with E-state index in [2.05, 4.69) is 44.7 Å². The van der Waals surface area contributed by atoms with E-state index in [0.29, 0.717) is 6.54 Å². The summed E-state index contributed by atoms with van der Waals surface area (Å²) < 4.78 is 5.41. The molecule has 6 nitrogen and oxygen atoms in total. The summed E-state index contributed by atoms with van der Waals surface area (Å²) in [5.74, 6) is 0. The van der Waals surface area contributed by atoms with Crippen molar-refractivity contribution in [3.63, 3.8) is 0 Å². The van der Waals surface area contributed by atoms with E-state index in [-0.39, 0.29) is 0 Å². The molecule has 1 aromatic heterocycles. The van der Waals surface area contributed by atoms with Crippen LogP contribution in [0.15, 0.2) is 24.3 Å². The summed E-state index contributed by atoms with van der Waals surface area (Å²) in [7, 11) is 0. The molecule has 0 radical (unpaired) electrons. The summed E-state index contributed by atoms with van der Waals surface area (Å²) in [6.07, 6.45) is 0. The van der Waals surface area contributed by atoms with Gasteiger partial charge in [0.2, 0.25) is 0 Å². The molecule has 3 rings (SSSR count). The summed E-state index contributed by atoms with van der Waals surface area (Å²) in [4.78, 5) is 4.09. The minimum absolute atomic E-state index is 0.693. The Labute approximate surface area is 131 Å². The molecule has 0 atom stereocenters. The normalized spacial score (nSPS) is 15.1. The van der Waals surface area contributed by atoms with Crippen LogP contribution in [0.3, 0.4) is 0 Å². The van der Waals surface area contributed by atoms with Crippen LogP contribution in [0.5, 0.6) is 0 Å². The van der Waals surface area contributed by atoms with Crippen LogP contribution in [0.2, 0.25) is 0 Å². The smallest absolute Gasteiger partial charge is 0.105 e. The molecule has 22 heavy (non-hydrogen) atoms. The van der Waals surface area contributed by atoms with Crippen molar-refractivity contribution in [2.24, 2.45) is 0 Å². The molecule has 0 saturated carbocycles. The number of hydrogen-bond donors (Lipinski definition) is 1. The second-order valence-corrected chi connectivity index (χ2v) is 5.42. The molecule has 0 aliphatic carbocycles. The quantitative estimate of drug-likeness (QED) is 0.916.